The third kappa shape index (κ3) is 4.26. The predicted molar refractivity (Wildman–Crippen MR) is 94.0 cm³/mol. The molecule has 6 nitrogen and oxygen atoms in total. The van der Waals surface area contributed by atoms with Crippen molar-refractivity contribution in [3.8, 4) is 5.75 Å². The Hall–Kier alpha value is -2.08. The maximum atomic E-state index is 12.1. The number of amides is 2. The van der Waals surface area contributed by atoms with E-state index in [0.717, 1.165) is 18.7 Å². The van der Waals surface area contributed by atoms with Crippen molar-refractivity contribution in [2.75, 3.05) is 24.6 Å². The molecule has 1 aliphatic heterocycles. The second-order valence-corrected chi connectivity index (χ2v) is 6.76. The molecular weight excluding hydrogens is 306 g/mol. The van der Waals surface area contributed by atoms with Gasteiger partial charge in [0.15, 0.2) is 6.61 Å². The molecule has 0 aromatic heterocycles. The summed E-state index contributed by atoms with van der Waals surface area (Å²) in [6.45, 7) is 6.97. The number of carbonyl (C=O) groups is 2. The van der Waals surface area contributed by atoms with Crippen LogP contribution in [0.3, 0.4) is 0 Å². The Kier molecular flexibility index (Phi) is 5.83. The molecule has 0 saturated carbocycles. The molecule has 0 spiro atoms. The molecule has 0 aliphatic carbocycles. The highest BCUT2D eigenvalue weighted by Gasteiger charge is 2.28. The summed E-state index contributed by atoms with van der Waals surface area (Å²) < 4.78 is 5.58. The van der Waals surface area contributed by atoms with Gasteiger partial charge < -0.3 is 20.7 Å². The van der Waals surface area contributed by atoms with Gasteiger partial charge in [-0.25, -0.2) is 0 Å². The number of nitrogens with two attached hydrogens (primary N) is 1. The van der Waals surface area contributed by atoms with Gasteiger partial charge in [0.1, 0.15) is 5.75 Å². The molecule has 1 heterocycles. The van der Waals surface area contributed by atoms with E-state index in [1.807, 2.05) is 32.9 Å². The van der Waals surface area contributed by atoms with E-state index in [1.165, 1.54) is 0 Å². The summed E-state index contributed by atoms with van der Waals surface area (Å²) in [6, 6.07) is 7.27. The quantitative estimate of drug-likeness (QED) is 0.795. The molecule has 6 heteroatoms. The number of hydrogen-bond acceptors (Lipinski definition) is 4. The van der Waals surface area contributed by atoms with E-state index in [2.05, 4.69) is 5.32 Å². The smallest absolute Gasteiger partial charge is 0.258 e. The second-order valence-electron chi connectivity index (χ2n) is 6.76. The number of rotatable bonds is 7. The molecule has 1 atom stereocenters. The van der Waals surface area contributed by atoms with Crippen molar-refractivity contribution >= 4 is 17.5 Å². The standard InChI is InChI=1S/C18H27N3O3/c1-13(2)18(3,12-19)20-16(22)11-24-15-7-4-6-14(10-15)21-9-5-8-17(21)23/h4,6-7,10,13H,5,8-9,11-12,19H2,1-3H3,(H,20,22). The van der Waals surface area contributed by atoms with Gasteiger partial charge >= 0.3 is 0 Å². The van der Waals surface area contributed by atoms with Crippen LogP contribution >= 0.6 is 0 Å². The molecular formula is C18H27N3O3. The highest BCUT2D eigenvalue weighted by Crippen LogP contribution is 2.25. The van der Waals surface area contributed by atoms with Gasteiger partial charge in [0, 0.05) is 31.3 Å². The van der Waals surface area contributed by atoms with Crippen molar-refractivity contribution in [3.05, 3.63) is 24.3 Å². The van der Waals surface area contributed by atoms with Crippen LogP contribution in [0, 0.1) is 5.92 Å². The zero-order valence-electron chi connectivity index (χ0n) is 14.7. The van der Waals surface area contributed by atoms with Crippen molar-refractivity contribution in [1.29, 1.82) is 0 Å². The number of benzene rings is 1. The van der Waals surface area contributed by atoms with Gasteiger partial charge in [0.05, 0.1) is 5.54 Å². The first kappa shape index (κ1) is 18.3. The molecule has 3 N–H and O–H groups in total. The third-order valence-corrected chi connectivity index (χ3v) is 4.70. The molecule has 1 aliphatic rings. The number of nitrogens with zero attached hydrogens (tertiary/aromatic N) is 1. The van der Waals surface area contributed by atoms with Gasteiger partial charge in [-0.3, -0.25) is 9.59 Å². The van der Waals surface area contributed by atoms with Crippen molar-refractivity contribution in [2.24, 2.45) is 11.7 Å². The lowest BCUT2D eigenvalue weighted by molar-refractivity contribution is -0.125. The minimum Gasteiger partial charge on any atom is -0.484 e. The lowest BCUT2D eigenvalue weighted by Crippen LogP contribution is -2.56. The van der Waals surface area contributed by atoms with Gasteiger partial charge in [-0.2, -0.15) is 0 Å². The van der Waals surface area contributed by atoms with Gasteiger partial charge in [-0.05, 0) is 31.4 Å². The summed E-state index contributed by atoms with van der Waals surface area (Å²) in [5.74, 6) is 0.706. The molecule has 2 rings (SSSR count). The molecule has 0 bridgehead atoms. The summed E-state index contributed by atoms with van der Waals surface area (Å²) in [5.41, 5.74) is 6.13. The molecule has 1 saturated heterocycles. The average Bonchev–Trinajstić information content (AvgIpc) is 2.99. The average molecular weight is 333 g/mol. The Labute approximate surface area is 143 Å². The lowest BCUT2D eigenvalue weighted by Gasteiger charge is -2.33. The Balaban J connectivity index is 1.95. The summed E-state index contributed by atoms with van der Waals surface area (Å²) in [6.07, 6.45) is 1.46. The molecule has 1 aromatic rings. The van der Waals surface area contributed by atoms with E-state index >= 15 is 0 Å². The fraction of sp³-hybridized carbons (Fsp3) is 0.556. The first-order valence-corrected chi connectivity index (χ1v) is 8.40. The second kappa shape index (κ2) is 7.66. The molecule has 1 fully saturated rings. The van der Waals surface area contributed by atoms with Gasteiger partial charge in [0.25, 0.3) is 5.91 Å². The fourth-order valence-electron chi connectivity index (χ4n) is 2.60. The van der Waals surface area contributed by atoms with Gasteiger partial charge in [0.2, 0.25) is 5.91 Å². The minimum atomic E-state index is -0.454. The van der Waals surface area contributed by atoms with Crippen LogP contribution in [-0.4, -0.2) is 37.0 Å². The van der Waals surface area contributed by atoms with E-state index in [1.54, 1.807) is 17.0 Å². The zero-order valence-corrected chi connectivity index (χ0v) is 14.7. The van der Waals surface area contributed by atoms with Gasteiger partial charge in [-0.15, -0.1) is 0 Å². The molecule has 1 aromatic carbocycles. The first-order valence-electron chi connectivity index (χ1n) is 8.40. The maximum absolute atomic E-state index is 12.1. The number of ether oxygens (including phenoxy) is 1. The Bertz CT molecular complexity index is 603. The summed E-state index contributed by atoms with van der Waals surface area (Å²) >= 11 is 0. The number of anilines is 1. The van der Waals surface area contributed by atoms with Crippen LogP contribution in [0.1, 0.15) is 33.6 Å². The zero-order chi connectivity index (χ0) is 17.7. The Morgan fingerprint density at radius 2 is 2.21 bits per heavy atom. The van der Waals surface area contributed by atoms with E-state index in [9.17, 15) is 9.59 Å². The normalized spacial score (nSPS) is 17.0. The van der Waals surface area contributed by atoms with Crippen LogP contribution in [0.25, 0.3) is 0 Å². The van der Waals surface area contributed by atoms with Crippen molar-refractivity contribution in [2.45, 2.75) is 39.2 Å². The van der Waals surface area contributed by atoms with Gasteiger partial charge in [-0.1, -0.05) is 19.9 Å². The van der Waals surface area contributed by atoms with Crippen LogP contribution in [0.5, 0.6) is 5.75 Å². The van der Waals surface area contributed by atoms with Crippen molar-refractivity contribution in [3.63, 3.8) is 0 Å². The molecule has 1 unspecified atom stereocenters. The van der Waals surface area contributed by atoms with Crippen LogP contribution < -0.4 is 20.7 Å². The highest BCUT2D eigenvalue weighted by atomic mass is 16.5. The predicted octanol–water partition coefficient (Wildman–Crippen LogP) is 1.68. The summed E-state index contributed by atoms with van der Waals surface area (Å²) in [5, 5.41) is 2.94. The molecule has 2 amide bonds. The van der Waals surface area contributed by atoms with Crippen LogP contribution in [0.4, 0.5) is 5.69 Å². The topological polar surface area (TPSA) is 84.7 Å². The van der Waals surface area contributed by atoms with E-state index < -0.39 is 5.54 Å². The highest BCUT2D eigenvalue weighted by molar-refractivity contribution is 5.95. The van der Waals surface area contributed by atoms with Crippen LogP contribution in [0.2, 0.25) is 0 Å². The number of nitrogens with one attached hydrogen (secondary N) is 1. The summed E-state index contributed by atoms with van der Waals surface area (Å²) in [7, 11) is 0. The summed E-state index contributed by atoms with van der Waals surface area (Å²) in [4.78, 5) is 25.7. The van der Waals surface area contributed by atoms with E-state index in [-0.39, 0.29) is 24.3 Å². The van der Waals surface area contributed by atoms with Crippen LogP contribution in [-0.2, 0) is 9.59 Å². The minimum absolute atomic E-state index is 0.0836. The Morgan fingerprint density at radius 3 is 2.79 bits per heavy atom. The Morgan fingerprint density at radius 1 is 1.46 bits per heavy atom. The number of hydrogen-bond donors (Lipinski definition) is 2. The number of carbonyl (C=O) groups excluding carboxylic acids is 2. The van der Waals surface area contributed by atoms with Crippen LogP contribution in [0.15, 0.2) is 24.3 Å². The van der Waals surface area contributed by atoms with E-state index in [4.69, 9.17) is 10.5 Å². The first-order chi connectivity index (χ1) is 11.4. The third-order valence-electron chi connectivity index (χ3n) is 4.70. The monoisotopic (exact) mass is 333 g/mol. The SMILES string of the molecule is CC(C)C(C)(CN)NC(=O)COc1cccc(N2CCCC2=O)c1. The van der Waals surface area contributed by atoms with Crippen molar-refractivity contribution in [1.82, 2.24) is 5.32 Å². The molecule has 132 valence electrons. The maximum Gasteiger partial charge on any atom is 0.258 e. The fourth-order valence-corrected chi connectivity index (χ4v) is 2.60. The largest absolute Gasteiger partial charge is 0.484 e. The molecule has 24 heavy (non-hydrogen) atoms. The van der Waals surface area contributed by atoms with Crippen molar-refractivity contribution < 1.29 is 14.3 Å². The molecule has 0 radical (unpaired) electrons. The van der Waals surface area contributed by atoms with E-state index in [0.29, 0.717) is 18.7 Å². The lowest BCUT2D eigenvalue weighted by atomic mass is 9.88.